The Morgan fingerprint density at radius 1 is 0.969 bits per heavy atom. The number of hydrogen-bond acceptors (Lipinski definition) is 4. The van der Waals surface area contributed by atoms with E-state index in [1.807, 2.05) is 0 Å². The van der Waals surface area contributed by atoms with E-state index in [1.165, 1.54) is 12.8 Å². The summed E-state index contributed by atoms with van der Waals surface area (Å²) in [6.45, 7) is 8.56. The second-order valence-corrected chi connectivity index (χ2v) is 12.6. The van der Waals surface area contributed by atoms with Crippen molar-refractivity contribution in [2.75, 3.05) is 0 Å². The summed E-state index contributed by atoms with van der Waals surface area (Å²) in [6.07, 6.45) is 8.34. The van der Waals surface area contributed by atoms with Crippen LogP contribution < -0.4 is 0 Å². The van der Waals surface area contributed by atoms with Gasteiger partial charge in [-0.25, -0.2) is 0 Å². The van der Waals surface area contributed by atoms with Crippen LogP contribution in [0.4, 0.5) is 0 Å². The van der Waals surface area contributed by atoms with Crippen LogP contribution in [0.3, 0.4) is 0 Å². The Hall–Kier alpha value is -0.650. The molecule has 0 spiro atoms. The molecule has 4 rings (SSSR count). The molecule has 0 aromatic carbocycles. The van der Waals surface area contributed by atoms with Crippen molar-refractivity contribution in [3.63, 3.8) is 0 Å². The highest BCUT2D eigenvalue weighted by atomic mass is 16.4. The molecule has 4 fully saturated rings. The minimum absolute atomic E-state index is 0.0638. The molecule has 4 saturated carbocycles. The summed E-state index contributed by atoms with van der Waals surface area (Å²) < 4.78 is 0. The van der Waals surface area contributed by atoms with Crippen LogP contribution in [0.2, 0.25) is 0 Å². The summed E-state index contributed by atoms with van der Waals surface area (Å²) in [7, 11) is 0. The molecule has 4 aliphatic carbocycles. The fourth-order valence-electron chi connectivity index (χ4n) is 9.17. The molecule has 0 aromatic rings. The molecular weight excluding hydrogens is 404 g/mol. The van der Waals surface area contributed by atoms with E-state index in [2.05, 4.69) is 20.8 Å². The molecule has 12 atom stereocenters. The normalized spacial score (nSPS) is 48.8. The summed E-state index contributed by atoms with van der Waals surface area (Å²) >= 11 is 0. The average Bonchev–Trinajstić information content (AvgIpc) is 3.11. The molecular formula is C27H46O5. The lowest BCUT2D eigenvalue weighted by atomic mass is 9.43. The van der Waals surface area contributed by atoms with Gasteiger partial charge in [0.1, 0.15) is 0 Å². The molecule has 2 unspecified atom stereocenters. The number of carboxylic acids is 1. The number of carboxylic acid groups (broad SMARTS) is 1. The second kappa shape index (κ2) is 8.85. The van der Waals surface area contributed by atoms with Gasteiger partial charge in [-0.1, -0.05) is 27.7 Å². The predicted octanol–water partition coefficient (Wildman–Crippen LogP) is 4.47. The van der Waals surface area contributed by atoms with Crippen LogP contribution in [0, 0.1) is 52.3 Å². The number of rotatable bonds is 6. The Bertz CT molecular complexity index is 696. The zero-order chi connectivity index (χ0) is 23.4. The zero-order valence-electron chi connectivity index (χ0n) is 20.5. The van der Waals surface area contributed by atoms with E-state index in [0.29, 0.717) is 36.5 Å². The smallest absolute Gasteiger partial charge is 0.306 e. The summed E-state index contributed by atoms with van der Waals surface area (Å²) in [5, 5.41) is 42.0. The van der Waals surface area contributed by atoms with Crippen molar-refractivity contribution in [2.45, 2.75) is 110 Å². The van der Waals surface area contributed by atoms with E-state index in [1.54, 1.807) is 6.92 Å². The van der Waals surface area contributed by atoms with Crippen LogP contribution in [0.15, 0.2) is 0 Å². The highest BCUT2D eigenvalue weighted by Gasteiger charge is 2.64. The first-order valence-corrected chi connectivity index (χ1v) is 13.3. The van der Waals surface area contributed by atoms with Crippen molar-refractivity contribution >= 4 is 5.97 Å². The van der Waals surface area contributed by atoms with Crippen molar-refractivity contribution < 1.29 is 25.2 Å². The summed E-state index contributed by atoms with van der Waals surface area (Å²) in [6, 6.07) is 0. The lowest BCUT2D eigenvalue weighted by Crippen LogP contribution is -2.59. The van der Waals surface area contributed by atoms with Crippen LogP contribution in [-0.2, 0) is 4.79 Å². The molecule has 0 heterocycles. The van der Waals surface area contributed by atoms with Crippen LogP contribution in [0.5, 0.6) is 0 Å². The van der Waals surface area contributed by atoms with E-state index in [9.17, 15) is 25.2 Å². The van der Waals surface area contributed by atoms with Crippen LogP contribution in [0.25, 0.3) is 0 Å². The van der Waals surface area contributed by atoms with Gasteiger partial charge in [-0.2, -0.15) is 0 Å². The molecule has 5 heteroatoms. The molecule has 0 aliphatic heterocycles. The van der Waals surface area contributed by atoms with Gasteiger partial charge in [-0.15, -0.1) is 0 Å². The Labute approximate surface area is 194 Å². The topological polar surface area (TPSA) is 98.0 Å². The van der Waals surface area contributed by atoms with Crippen LogP contribution >= 0.6 is 0 Å². The maximum Gasteiger partial charge on any atom is 0.306 e. The average molecular weight is 451 g/mol. The number of aliphatic hydroxyl groups is 3. The Morgan fingerprint density at radius 2 is 1.69 bits per heavy atom. The fourth-order valence-corrected chi connectivity index (χ4v) is 9.17. The molecule has 0 saturated heterocycles. The number of fused-ring (bicyclic) bond motifs is 5. The number of aliphatic carboxylic acids is 1. The molecule has 0 aromatic heterocycles. The largest absolute Gasteiger partial charge is 0.481 e. The van der Waals surface area contributed by atoms with Crippen molar-refractivity contribution in [3.05, 3.63) is 0 Å². The molecule has 0 bridgehead atoms. The van der Waals surface area contributed by atoms with Gasteiger partial charge in [-0.05, 0) is 111 Å². The van der Waals surface area contributed by atoms with E-state index < -0.39 is 18.0 Å². The van der Waals surface area contributed by atoms with Crippen LogP contribution in [-0.4, -0.2) is 44.7 Å². The summed E-state index contributed by atoms with van der Waals surface area (Å²) in [5.41, 5.74) is 0.0675. The first kappa shape index (κ1) is 24.5. The van der Waals surface area contributed by atoms with Crippen LogP contribution in [0.1, 0.15) is 91.9 Å². The van der Waals surface area contributed by atoms with Crippen molar-refractivity contribution in [1.82, 2.24) is 0 Å². The molecule has 0 amide bonds. The zero-order valence-corrected chi connectivity index (χ0v) is 20.5. The monoisotopic (exact) mass is 450 g/mol. The van der Waals surface area contributed by atoms with Gasteiger partial charge in [0.05, 0.1) is 24.2 Å². The van der Waals surface area contributed by atoms with Gasteiger partial charge in [-0.3, -0.25) is 4.79 Å². The fraction of sp³-hybridized carbons (Fsp3) is 0.963. The molecule has 0 radical (unpaired) electrons. The Morgan fingerprint density at radius 3 is 2.38 bits per heavy atom. The van der Waals surface area contributed by atoms with E-state index in [-0.39, 0.29) is 34.9 Å². The highest BCUT2D eigenvalue weighted by molar-refractivity contribution is 5.69. The van der Waals surface area contributed by atoms with Gasteiger partial charge in [0.15, 0.2) is 0 Å². The van der Waals surface area contributed by atoms with E-state index >= 15 is 0 Å². The molecule has 5 nitrogen and oxygen atoms in total. The summed E-state index contributed by atoms with van der Waals surface area (Å²) in [5.74, 6) is 1.36. The van der Waals surface area contributed by atoms with Gasteiger partial charge < -0.3 is 20.4 Å². The molecule has 184 valence electrons. The minimum Gasteiger partial charge on any atom is -0.481 e. The molecule has 4 aliphatic rings. The first-order valence-electron chi connectivity index (χ1n) is 13.3. The standard InChI is InChI=1S/C27H46O5/c1-15(25(31)32)5-10-23(29)16(2)20-8-9-21-19-7-6-17-13-18(28)11-12-26(17,3)22(19)14-24(30)27(20,21)4/h15-24,28-30H,5-14H2,1-4H3,(H,31,32)/t15?,16-,17+,18+,19-,20+,21-,22-,23?,24-,26-,27+/m0/s1. The molecule has 4 N–H and O–H groups in total. The lowest BCUT2D eigenvalue weighted by molar-refractivity contribution is -0.178. The first-order chi connectivity index (χ1) is 15.0. The maximum absolute atomic E-state index is 11.6. The third kappa shape index (κ3) is 3.84. The van der Waals surface area contributed by atoms with E-state index in [0.717, 1.165) is 38.5 Å². The summed E-state index contributed by atoms with van der Waals surface area (Å²) in [4.78, 5) is 11.2. The van der Waals surface area contributed by atoms with Gasteiger partial charge >= 0.3 is 5.97 Å². The van der Waals surface area contributed by atoms with Crippen molar-refractivity contribution in [2.24, 2.45) is 52.3 Å². The Balaban J connectivity index is 1.50. The van der Waals surface area contributed by atoms with E-state index in [4.69, 9.17) is 0 Å². The highest BCUT2D eigenvalue weighted by Crippen LogP contribution is 2.68. The van der Waals surface area contributed by atoms with Crippen molar-refractivity contribution in [1.29, 1.82) is 0 Å². The number of hydrogen-bond donors (Lipinski definition) is 4. The minimum atomic E-state index is -0.800. The number of aliphatic hydroxyl groups excluding tert-OH is 3. The quantitative estimate of drug-likeness (QED) is 0.478. The van der Waals surface area contributed by atoms with Gasteiger partial charge in [0.25, 0.3) is 0 Å². The Kier molecular flexibility index (Phi) is 6.77. The lowest BCUT2D eigenvalue weighted by Gasteiger charge is -2.62. The maximum atomic E-state index is 11.6. The SMILES string of the molecule is CC(CCC(O)[C@@H](C)[C@H]1CC[C@H]2[C@@H]3CC[C@@H]4C[C@H](O)CC[C@]4(C)[C@H]3C[C@H](O)[C@]12C)C(=O)O. The van der Waals surface area contributed by atoms with Gasteiger partial charge in [0, 0.05) is 0 Å². The van der Waals surface area contributed by atoms with Gasteiger partial charge in [0.2, 0.25) is 0 Å². The third-order valence-corrected chi connectivity index (χ3v) is 11.4. The second-order valence-electron chi connectivity index (χ2n) is 12.6. The third-order valence-electron chi connectivity index (χ3n) is 11.4. The number of carbonyl (C=O) groups is 1. The molecule has 32 heavy (non-hydrogen) atoms. The predicted molar refractivity (Wildman–Crippen MR) is 124 cm³/mol. The van der Waals surface area contributed by atoms with Crippen molar-refractivity contribution in [3.8, 4) is 0 Å².